The topological polar surface area (TPSA) is 47.9 Å². The first-order chi connectivity index (χ1) is 15.3. The summed E-state index contributed by atoms with van der Waals surface area (Å²) in [5.41, 5.74) is 4.03. The molecule has 32 heavy (non-hydrogen) atoms. The van der Waals surface area contributed by atoms with Crippen molar-refractivity contribution in [2.24, 2.45) is 4.99 Å². The van der Waals surface area contributed by atoms with Gasteiger partial charge in [-0.1, -0.05) is 29.8 Å². The maximum absolute atomic E-state index is 12.4. The maximum Gasteiger partial charge on any atom is 0.363 e. The molecular formula is C24H15Br3INO3. The second kappa shape index (κ2) is 10.2. The van der Waals surface area contributed by atoms with Crippen LogP contribution in [0.25, 0.3) is 6.08 Å². The molecule has 0 bridgehead atoms. The van der Waals surface area contributed by atoms with Crippen molar-refractivity contribution in [2.75, 3.05) is 0 Å². The van der Waals surface area contributed by atoms with Crippen molar-refractivity contribution in [3.63, 3.8) is 0 Å². The van der Waals surface area contributed by atoms with Gasteiger partial charge in [0, 0.05) is 13.6 Å². The number of halogens is 4. The molecule has 3 aromatic rings. The summed E-state index contributed by atoms with van der Waals surface area (Å²) in [6.45, 7) is 2.50. The molecule has 4 rings (SSSR count). The molecule has 0 aromatic heterocycles. The van der Waals surface area contributed by atoms with Crippen LogP contribution in [0.3, 0.4) is 0 Å². The lowest BCUT2D eigenvalue weighted by Crippen LogP contribution is -2.05. The zero-order valence-electron chi connectivity index (χ0n) is 16.7. The number of cyclic esters (lactones) is 1. The minimum Gasteiger partial charge on any atom is -0.487 e. The number of benzene rings is 3. The maximum atomic E-state index is 12.4. The second-order valence-corrected chi connectivity index (χ2v) is 10.8. The molecule has 1 heterocycles. The van der Waals surface area contributed by atoms with Gasteiger partial charge in [0.1, 0.15) is 12.4 Å². The highest BCUT2D eigenvalue weighted by molar-refractivity contribution is 14.1. The number of aryl methyl sites for hydroxylation is 1. The van der Waals surface area contributed by atoms with Crippen LogP contribution in [0.15, 0.2) is 78.7 Å². The summed E-state index contributed by atoms with van der Waals surface area (Å²) in [7, 11) is 0. The second-order valence-electron chi connectivity index (χ2n) is 7.06. The Morgan fingerprint density at radius 2 is 1.78 bits per heavy atom. The summed E-state index contributed by atoms with van der Waals surface area (Å²) >= 11 is 12.9. The Labute approximate surface area is 224 Å². The first-order valence-electron chi connectivity index (χ1n) is 9.45. The predicted octanol–water partition coefficient (Wildman–Crippen LogP) is 7.81. The van der Waals surface area contributed by atoms with Crippen LogP contribution in [0.1, 0.15) is 22.3 Å². The van der Waals surface area contributed by atoms with Gasteiger partial charge in [-0.05, 0) is 125 Å². The Morgan fingerprint density at radius 3 is 2.47 bits per heavy atom. The summed E-state index contributed by atoms with van der Waals surface area (Å²) in [5.74, 6) is 0.492. The minimum atomic E-state index is -0.485. The fraction of sp³-hybridized carbons (Fsp3) is 0.0833. The molecule has 0 atom stereocenters. The summed E-state index contributed by atoms with van der Waals surface area (Å²) in [6, 6.07) is 17.6. The molecule has 1 aliphatic rings. The Kier molecular flexibility index (Phi) is 7.54. The monoisotopic (exact) mass is 729 g/mol. The van der Waals surface area contributed by atoms with E-state index in [1.54, 1.807) is 6.08 Å². The highest BCUT2D eigenvalue weighted by Crippen LogP contribution is 2.36. The molecule has 0 saturated heterocycles. The summed E-state index contributed by atoms with van der Waals surface area (Å²) < 4.78 is 14.9. The minimum absolute atomic E-state index is 0.238. The molecule has 0 radical (unpaired) electrons. The van der Waals surface area contributed by atoms with Gasteiger partial charge >= 0.3 is 5.97 Å². The first kappa shape index (κ1) is 23.7. The van der Waals surface area contributed by atoms with Crippen LogP contribution in [0.5, 0.6) is 5.75 Å². The van der Waals surface area contributed by atoms with Crippen LogP contribution in [-0.2, 0) is 16.1 Å². The number of ether oxygens (including phenoxy) is 2. The van der Waals surface area contributed by atoms with Gasteiger partial charge in [-0.2, -0.15) is 0 Å². The molecule has 8 heteroatoms. The van der Waals surface area contributed by atoms with Crippen molar-refractivity contribution in [1.29, 1.82) is 0 Å². The summed E-state index contributed by atoms with van der Waals surface area (Å²) in [5, 5.41) is 0. The van der Waals surface area contributed by atoms with E-state index < -0.39 is 5.97 Å². The molecule has 4 nitrogen and oxygen atoms in total. The van der Waals surface area contributed by atoms with Crippen LogP contribution < -0.4 is 4.74 Å². The Balaban J connectivity index is 1.56. The number of hydrogen-bond acceptors (Lipinski definition) is 4. The standard InChI is InChI=1S/C24H15Br3INO3/c1-13-3-2-4-14(7-13)12-31-22-18(26)8-15(9-19(22)27)10-21-24(30)32-23(29-21)16-5-6-20(28)17(25)11-16/h2-11H,12H2,1H3/b21-10-. The van der Waals surface area contributed by atoms with Gasteiger partial charge in [-0.25, -0.2) is 9.79 Å². The lowest BCUT2D eigenvalue weighted by atomic mass is 10.1. The fourth-order valence-corrected chi connectivity index (χ4v) is 5.24. The van der Waals surface area contributed by atoms with E-state index in [2.05, 4.69) is 94.4 Å². The molecule has 0 saturated carbocycles. The Hall–Kier alpha value is -1.49. The Morgan fingerprint density at radius 1 is 1.03 bits per heavy atom. The van der Waals surface area contributed by atoms with Crippen molar-refractivity contribution in [1.82, 2.24) is 0 Å². The third kappa shape index (κ3) is 5.52. The fourth-order valence-electron chi connectivity index (χ4n) is 3.08. The van der Waals surface area contributed by atoms with Gasteiger partial charge in [0.25, 0.3) is 0 Å². The number of carbonyl (C=O) groups is 1. The number of nitrogens with zero attached hydrogens (tertiary/aromatic N) is 1. The van der Waals surface area contributed by atoms with E-state index in [-0.39, 0.29) is 11.6 Å². The van der Waals surface area contributed by atoms with E-state index in [0.29, 0.717) is 12.4 Å². The van der Waals surface area contributed by atoms with Gasteiger partial charge < -0.3 is 9.47 Å². The van der Waals surface area contributed by atoms with Gasteiger partial charge in [0.15, 0.2) is 5.70 Å². The van der Waals surface area contributed by atoms with Crippen molar-refractivity contribution >= 4 is 88.3 Å². The third-order valence-corrected chi connectivity index (χ3v) is 8.09. The van der Waals surface area contributed by atoms with Crippen molar-refractivity contribution in [2.45, 2.75) is 13.5 Å². The molecule has 0 amide bonds. The number of carbonyl (C=O) groups excluding carboxylic acids is 1. The molecule has 3 aromatic carbocycles. The van der Waals surface area contributed by atoms with Crippen LogP contribution in [0.4, 0.5) is 0 Å². The zero-order valence-corrected chi connectivity index (χ0v) is 23.6. The number of rotatable bonds is 5. The molecule has 0 spiro atoms. The van der Waals surface area contributed by atoms with Crippen molar-refractivity contribution in [3.05, 3.63) is 99.5 Å². The molecule has 1 aliphatic heterocycles. The highest BCUT2D eigenvalue weighted by Gasteiger charge is 2.24. The smallest absolute Gasteiger partial charge is 0.363 e. The molecule has 0 aliphatic carbocycles. The van der Waals surface area contributed by atoms with E-state index in [9.17, 15) is 4.79 Å². The van der Waals surface area contributed by atoms with Crippen LogP contribution in [0, 0.1) is 10.5 Å². The average Bonchev–Trinajstić information content (AvgIpc) is 3.10. The highest BCUT2D eigenvalue weighted by atomic mass is 127. The van der Waals surface area contributed by atoms with Gasteiger partial charge in [-0.3, -0.25) is 0 Å². The van der Waals surface area contributed by atoms with Crippen LogP contribution in [-0.4, -0.2) is 11.9 Å². The molecular weight excluding hydrogens is 717 g/mol. The molecule has 0 N–H and O–H groups in total. The van der Waals surface area contributed by atoms with E-state index in [0.717, 1.165) is 33.7 Å². The van der Waals surface area contributed by atoms with Crippen molar-refractivity contribution < 1.29 is 14.3 Å². The average molecular weight is 732 g/mol. The Bertz CT molecular complexity index is 1260. The van der Waals surface area contributed by atoms with Crippen molar-refractivity contribution in [3.8, 4) is 5.75 Å². The van der Waals surface area contributed by atoms with E-state index in [1.807, 2.05) is 42.5 Å². The molecule has 0 unspecified atom stereocenters. The zero-order chi connectivity index (χ0) is 22.8. The normalized spacial score (nSPS) is 14.5. The first-order valence-corrected chi connectivity index (χ1v) is 12.9. The lowest BCUT2D eigenvalue weighted by Gasteiger charge is -2.12. The summed E-state index contributed by atoms with van der Waals surface area (Å²) in [4.78, 5) is 16.8. The number of aliphatic imine (C=N–C) groups is 1. The van der Waals surface area contributed by atoms with E-state index in [1.165, 1.54) is 5.56 Å². The number of hydrogen-bond donors (Lipinski definition) is 0. The van der Waals surface area contributed by atoms with Crippen LogP contribution in [0.2, 0.25) is 0 Å². The molecule has 162 valence electrons. The SMILES string of the molecule is Cc1cccc(COc2c(Br)cc(/C=C3\N=C(c4ccc(I)c(Br)c4)OC3=O)cc2Br)c1. The largest absolute Gasteiger partial charge is 0.487 e. The molecule has 0 fully saturated rings. The third-order valence-electron chi connectivity index (χ3n) is 4.58. The predicted molar refractivity (Wildman–Crippen MR) is 145 cm³/mol. The van der Waals surface area contributed by atoms with Gasteiger partial charge in [-0.15, -0.1) is 0 Å². The summed E-state index contributed by atoms with van der Waals surface area (Å²) in [6.07, 6.45) is 1.69. The van der Waals surface area contributed by atoms with Gasteiger partial charge in [0.2, 0.25) is 5.90 Å². The lowest BCUT2D eigenvalue weighted by molar-refractivity contribution is -0.129. The van der Waals surface area contributed by atoms with E-state index >= 15 is 0 Å². The number of esters is 1. The van der Waals surface area contributed by atoms with E-state index in [4.69, 9.17) is 9.47 Å². The quantitative estimate of drug-likeness (QED) is 0.153. The van der Waals surface area contributed by atoms with Gasteiger partial charge in [0.05, 0.1) is 8.95 Å². The van der Waals surface area contributed by atoms with Crippen LogP contribution >= 0.6 is 70.4 Å².